The van der Waals surface area contributed by atoms with E-state index in [-0.39, 0.29) is 5.91 Å². The molecule has 0 saturated carbocycles. The number of hydrogen-bond acceptors (Lipinski definition) is 1. The van der Waals surface area contributed by atoms with Crippen molar-refractivity contribution in [3.63, 3.8) is 0 Å². The van der Waals surface area contributed by atoms with Gasteiger partial charge in [-0.3, -0.25) is 9.69 Å². The second-order valence-electron chi connectivity index (χ2n) is 5.78. The van der Waals surface area contributed by atoms with E-state index in [4.69, 9.17) is 0 Å². The van der Waals surface area contributed by atoms with Gasteiger partial charge in [-0.15, -0.1) is 0 Å². The van der Waals surface area contributed by atoms with Crippen LogP contribution < -0.4 is 4.90 Å². The molecule has 0 unspecified atom stereocenters. The zero-order valence-electron chi connectivity index (χ0n) is 12.2. The van der Waals surface area contributed by atoms with Crippen LogP contribution in [0.15, 0.2) is 42.5 Å². The fraction of sp³-hybridized carbons (Fsp3) is 0.278. The molecule has 1 heterocycles. The van der Waals surface area contributed by atoms with Crippen molar-refractivity contribution in [1.29, 1.82) is 0 Å². The van der Waals surface area contributed by atoms with Crippen molar-refractivity contribution >= 4 is 17.3 Å². The topological polar surface area (TPSA) is 20.3 Å². The number of benzene rings is 2. The van der Waals surface area contributed by atoms with Crippen molar-refractivity contribution in [2.45, 2.75) is 33.1 Å². The third-order valence-electron chi connectivity index (χ3n) is 3.88. The predicted molar refractivity (Wildman–Crippen MR) is 82.6 cm³/mol. The van der Waals surface area contributed by atoms with Crippen LogP contribution in [0.1, 0.15) is 36.5 Å². The van der Waals surface area contributed by atoms with Crippen LogP contribution in [0, 0.1) is 6.92 Å². The number of amides is 1. The zero-order valence-corrected chi connectivity index (χ0v) is 12.2. The van der Waals surface area contributed by atoms with Crippen molar-refractivity contribution in [2.24, 2.45) is 0 Å². The first kappa shape index (κ1) is 12.9. The molecule has 0 spiro atoms. The average molecular weight is 265 g/mol. The SMILES string of the molecule is Cc1ccc2c(c1)CC(=O)N2c1ccc(C(C)C)cc1. The lowest BCUT2D eigenvalue weighted by molar-refractivity contribution is -0.116. The summed E-state index contributed by atoms with van der Waals surface area (Å²) in [6.07, 6.45) is 0.503. The smallest absolute Gasteiger partial charge is 0.236 e. The van der Waals surface area contributed by atoms with Gasteiger partial charge in [-0.05, 0) is 42.2 Å². The number of aryl methyl sites for hydroxylation is 1. The lowest BCUT2D eigenvalue weighted by Gasteiger charge is -2.18. The van der Waals surface area contributed by atoms with Gasteiger partial charge in [0.05, 0.1) is 12.1 Å². The number of anilines is 2. The van der Waals surface area contributed by atoms with Crippen molar-refractivity contribution in [1.82, 2.24) is 0 Å². The summed E-state index contributed by atoms with van der Waals surface area (Å²) < 4.78 is 0. The first-order valence-corrected chi connectivity index (χ1v) is 7.08. The standard InChI is InChI=1S/C18H19NO/c1-12(2)14-5-7-16(8-6-14)19-17-9-4-13(3)10-15(17)11-18(19)20/h4-10,12H,11H2,1-3H3. The maximum Gasteiger partial charge on any atom is 0.236 e. The number of hydrogen-bond donors (Lipinski definition) is 0. The van der Waals surface area contributed by atoms with Gasteiger partial charge in [0.15, 0.2) is 0 Å². The summed E-state index contributed by atoms with van der Waals surface area (Å²) in [5.74, 6) is 0.663. The number of carbonyl (C=O) groups excluding carboxylic acids is 1. The quantitative estimate of drug-likeness (QED) is 0.791. The monoisotopic (exact) mass is 265 g/mol. The highest BCUT2D eigenvalue weighted by molar-refractivity contribution is 6.07. The van der Waals surface area contributed by atoms with Crippen molar-refractivity contribution < 1.29 is 4.79 Å². The molecule has 0 saturated heterocycles. The van der Waals surface area contributed by atoms with Crippen LogP contribution in [0.5, 0.6) is 0 Å². The van der Waals surface area contributed by atoms with Gasteiger partial charge < -0.3 is 0 Å². The number of fused-ring (bicyclic) bond motifs is 1. The summed E-state index contributed by atoms with van der Waals surface area (Å²) in [5, 5.41) is 0. The highest BCUT2D eigenvalue weighted by Crippen LogP contribution is 2.36. The Morgan fingerprint density at radius 1 is 1.05 bits per heavy atom. The van der Waals surface area contributed by atoms with Crippen molar-refractivity contribution in [3.05, 3.63) is 59.2 Å². The summed E-state index contributed by atoms with van der Waals surface area (Å²) in [5.41, 5.74) is 5.61. The molecule has 20 heavy (non-hydrogen) atoms. The fourth-order valence-corrected chi connectivity index (χ4v) is 2.74. The van der Waals surface area contributed by atoms with Crippen LogP contribution in [0.2, 0.25) is 0 Å². The molecular formula is C18H19NO. The molecule has 0 aromatic heterocycles. The van der Waals surface area contributed by atoms with Gasteiger partial charge in [0, 0.05) is 5.69 Å². The maximum atomic E-state index is 12.3. The molecule has 2 nitrogen and oxygen atoms in total. The molecule has 1 aliphatic rings. The highest BCUT2D eigenvalue weighted by atomic mass is 16.2. The summed E-state index contributed by atoms with van der Waals surface area (Å²) in [6.45, 7) is 6.41. The van der Waals surface area contributed by atoms with E-state index in [0.29, 0.717) is 12.3 Å². The van der Waals surface area contributed by atoms with Crippen LogP contribution >= 0.6 is 0 Å². The molecule has 0 aliphatic carbocycles. The Balaban J connectivity index is 2.00. The normalized spacial score (nSPS) is 14.0. The van der Waals surface area contributed by atoms with Crippen LogP contribution in [-0.4, -0.2) is 5.91 Å². The molecule has 0 radical (unpaired) electrons. The molecule has 0 fully saturated rings. The Morgan fingerprint density at radius 3 is 2.40 bits per heavy atom. The summed E-state index contributed by atoms with van der Waals surface area (Å²) in [7, 11) is 0. The average Bonchev–Trinajstić information content (AvgIpc) is 2.73. The Morgan fingerprint density at radius 2 is 1.75 bits per heavy atom. The van der Waals surface area contributed by atoms with Crippen LogP contribution in [-0.2, 0) is 11.2 Å². The maximum absolute atomic E-state index is 12.3. The molecule has 2 aromatic rings. The van der Waals surface area contributed by atoms with Gasteiger partial charge in [0.25, 0.3) is 0 Å². The minimum atomic E-state index is 0.155. The Bertz CT molecular complexity index is 656. The Labute approximate surface area is 120 Å². The first-order chi connectivity index (χ1) is 9.56. The molecule has 102 valence electrons. The van der Waals surface area contributed by atoms with Gasteiger partial charge in [-0.25, -0.2) is 0 Å². The van der Waals surface area contributed by atoms with Crippen LogP contribution in [0.3, 0.4) is 0 Å². The van der Waals surface area contributed by atoms with Crippen molar-refractivity contribution in [2.75, 3.05) is 4.90 Å². The van der Waals surface area contributed by atoms with E-state index in [1.54, 1.807) is 0 Å². The molecule has 3 rings (SSSR count). The second-order valence-corrected chi connectivity index (χ2v) is 5.78. The summed E-state index contributed by atoms with van der Waals surface area (Å²) >= 11 is 0. The van der Waals surface area contributed by atoms with Gasteiger partial charge in [0.2, 0.25) is 5.91 Å². The van der Waals surface area contributed by atoms with E-state index in [9.17, 15) is 4.79 Å². The number of carbonyl (C=O) groups is 1. The van der Waals surface area contributed by atoms with E-state index in [1.165, 1.54) is 11.1 Å². The highest BCUT2D eigenvalue weighted by Gasteiger charge is 2.28. The predicted octanol–water partition coefficient (Wildman–Crippen LogP) is 4.34. The van der Waals surface area contributed by atoms with Crippen LogP contribution in [0.4, 0.5) is 11.4 Å². The van der Waals surface area contributed by atoms with Gasteiger partial charge >= 0.3 is 0 Å². The Kier molecular flexibility index (Phi) is 3.09. The van der Waals surface area contributed by atoms with Gasteiger partial charge in [-0.2, -0.15) is 0 Å². The fourth-order valence-electron chi connectivity index (χ4n) is 2.74. The van der Waals surface area contributed by atoms with E-state index < -0.39 is 0 Å². The largest absolute Gasteiger partial charge is 0.280 e. The number of rotatable bonds is 2. The lowest BCUT2D eigenvalue weighted by Crippen LogP contribution is -2.20. The molecular weight excluding hydrogens is 246 g/mol. The molecule has 2 heteroatoms. The summed E-state index contributed by atoms with van der Waals surface area (Å²) in [4.78, 5) is 14.1. The first-order valence-electron chi connectivity index (χ1n) is 7.08. The van der Waals surface area contributed by atoms with E-state index in [0.717, 1.165) is 16.9 Å². The molecule has 1 aliphatic heterocycles. The number of nitrogens with zero attached hydrogens (tertiary/aromatic N) is 1. The molecule has 0 bridgehead atoms. The van der Waals surface area contributed by atoms with E-state index >= 15 is 0 Å². The summed E-state index contributed by atoms with van der Waals surface area (Å²) in [6, 6.07) is 14.5. The van der Waals surface area contributed by atoms with E-state index in [1.807, 2.05) is 23.1 Å². The van der Waals surface area contributed by atoms with Gasteiger partial charge in [-0.1, -0.05) is 43.7 Å². The lowest BCUT2D eigenvalue weighted by atomic mass is 10.0. The molecule has 0 atom stereocenters. The van der Waals surface area contributed by atoms with E-state index in [2.05, 4.69) is 45.0 Å². The molecule has 2 aromatic carbocycles. The van der Waals surface area contributed by atoms with Crippen molar-refractivity contribution in [3.8, 4) is 0 Å². The minimum absolute atomic E-state index is 0.155. The van der Waals surface area contributed by atoms with Crippen LogP contribution in [0.25, 0.3) is 0 Å². The third kappa shape index (κ3) is 2.11. The third-order valence-corrected chi connectivity index (χ3v) is 3.88. The Hall–Kier alpha value is -2.09. The molecule has 1 amide bonds. The zero-order chi connectivity index (χ0) is 14.3. The minimum Gasteiger partial charge on any atom is -0.280 e. The molecule has 0 N–H and O–H groups in total. The second kappa shape index (κ2) is 4.78. The van der Waals surface area contributed by atoms with Gasteiger partial charge in [0.1, 0.15) is 0 Å².